The third-order valence-corrected chi connectivity index (χ3v) is 5.33. The first-order chi connectivity index (χ1) is 12.0. The molecular formula is C20H22N2O2S. The second-order valence-electron chi connectivity index (χ2n) is 6.11. The number of thiazole rings is 1. The van der Waals surface area contributed by atoms with Crippen molar-refractivity contribution in [3.05, 3.63) is 57.9 Å². The summed E-state index contributed by atoms with van der Waals surface area (Å²) in [5.41, 5.74) is 4.17. The Labute approximate surface area is 151 Å². The van der Waals surface area contributed by atoms with Gasteiger partial charge in [0.05, 0.1) is 17.3 Å². The molecule has 0 bridgehead atoms. The van der Waals surface area contributed by atoms with Crippen LogP contribution in [0.15, 0.2) is 41.4 Å². The predicted octanol–water partition coefficient (Wildman–Crippen LogP) is 4.48. The molecule has 4 nitrogen and oxygen atoms in total. The van der Waals surface area contributed by atoms with Crippen molar-refractivity contribution in [1.29, 1.82) is 0 Å². The van der Waals surface area contributed by atoms with Crippen molar-refractivity contribution >= 4 is 27.5 Å². The van der Waals surface area contributed by atoms with E-state index in [0.29, 0.717) is 5.56 Å². The van der Waals surface area contributed by atoms with E-state index in [1.807, 2.05) is 0 Å². The van der Waals surface area contributed by atoms with Crippen molar-refractivity contribution in [3.63, 3.8) is 0 Å². The highest BCUT2D eigenvalue weighted by molar-refractivity contribution is 7.16. The van der Waals surface area contributed by atoms with Gasteiger partial charge in [-0.1, -0.05) is 24.3 Å². The Morgan fingerprint density at radius 3 is 2.56 bits per heavy atom. The van der Waals surface area contributed by atoms with Gasteiger partial charge in [0, 0.05) is 12.1 Å². The standard InChI is InChI=1S/C20H22N2O2S/c1-5-10-22-17-12-13(2)11-14(3)18(17)25-20(22)21-19(23)15-6-8-16(24-4)9-7-15/h6-9,11-12H,5,10H2,1-4H3. The van der Waals surface area contributed by atoms with Gasteiger partial charge in [0.25, 0.3) is 5.91 Å². The average Bonchev–Trinajstić information content (AvgIpc) is 2.93. The quantitative estimate of drug-likeness (QED) is 0.693. The molecule has 5 heteroatoms. The van der Waals surface area contributed by atoms with Gasteiger partial charge in [0.2, 0.25) is 0 Å². The van der Waals surface area contributed by atoms with Crippen LogP contribution in [-0.2, 0) is 6.54 Å². The van der Waals surface area contributed by atoms with E-state index in [9.17, 15) is 4.79 Å². The zero-order valence-electron chi connectivity index (χ0n) is 15.0. The van der Waals surface area contributed by atoms with Gasteiger partial charge in [0.15, 0.2) is 4.80 Å². The van der Waals surface area contributed by atoms with E-state index < -0.39 is 0 Å². The molecule has 25 heavy (non-hydrogen) atoms. The minimum absolute atomic E-state index is 0.228. The monoisotopic (exact) mass is 354 g/mol. The fourth-order valence-corrected chi connectivity index (χ4v) is 4.03. The van der Waals surface area contributed by atoms with Gasteiger partial charge in [-0.25, -0.2) is 0 Å². The van der Waals surface area contributed by atoms with E-state index in [0.717, 1.165) is 29.0 Å². The highest BCUT2D eigenvalue weighted by atomic mass is 32.1. The molecule has 0 N–H and O–H groups in total. The van der Waals surface area contributed by atoms with Crippen molar-refractivity contribution in [1.82, 2.24) is 4.57 Å². The summed E-state index contributed by atoms with van der Waals surface area (Å²) >= 11 is 1.58. The number of methoxy groups -OCH3 is 1. The van der Waals surface area contributed by atoms with Crippen molar-refractivity contribution in [2.24, 2.45) is 4.99 Å². The summed E-state index contributed by atoms with van der Waals surface area (Å²) in [6.45, 7) is 7.18. The van der Waals surface area contributed by atoms with E-state index in [2.05, 4.69) is 42.5 Å². The molecule has 0 atom stereocenters. The zero-order chi connectivity index (χ0) is 18.0. The summed E-state index contributed by atoms with van der Waals surface area (Å²) in [4.78, 5) is 17.8. The average molecular weight is 354 g/mol. The molecule has 0 unspecified atom stereocenters. The topological polar surface area (TPSA) is 43.6 Å². The number of carbonyl (C=O) groups is 1. The molecule has 0 spiro atoms. The molecule has 0 saturated carbocycles. The zero-order valence-corrected chi connectivity index (χ0v) is 15.8. The third kappa shape index (κ3) is 3.51. The molecule has 1 heterocycles. The SMILES string of the molecule is CCCn1c(=NC(=O)c2ccc(OC)cc2)sc2c(C)cc(C)cc21. The smallest absolute Gasteiger partial charge is 0.279 e. The van der Waals surface area contributed by atoms with Crippen LogP contribution in [0.25, 0.3) is 10.2 Å². The Balaban J connectivity index is 2.12. The molecule has 3 aromatic rings. The molecule has 0 aliphatic rings. The van der Waals surface area contributed by atoms with E-state index in [1.54, 1.807) is 42.7 Å². The van der Waals surface area contributed by atoms with Gasteiger partial charge in [-0.2, -0.15) is 4.99 Å². The lowest BCUT2D eigenvalue weighted by molar-refractivity contribution is 0.0998. The summed E-state index contributed by atoms with van der Waals surface area (Å²) < 4.78 is 8.49. The highest BCUT2D eigenvalue weighted by Crippen LogP contribution is 2.23. The fraction of sp³-hybridized carbons (Fsp3) is 0.300. The molecule has 1 aromatic heterocycles. The summed E-state index contributed by atoms with van der Waals surface area (Å²) in [5.74, 6) is 0.499. The molecule has 3 rings (SSSR count). The first-order valence-corrected chi connectivity index (χ1v) is 9.19. The number of fused-ring (bicyclic) bond motifs is 1. The Morgan fingerprint density at radius 1 is 1.20 bits per heavy atom. The molecule has 0 saturated heterocycles. The van der Waals surface area contributed by atoms with Crippen LogP contribution in [0, 0.1) is 13.8 Å². The second kappa shape index (κ2) is 7.23. The minimum atomic E-state index is -0.228. The van der Waals surface area contributed by atoms with Gasteiger partial charge in [0.1, 0.15) is 5.75 Å². The van der Waals surface area contributed by atoms with Crippen LogP contribution in [0.5, 0.6) is 5.75 Å². The lowest BCUT2D eigenvalue weighted by Gasteiger charge is -2.05. The molecule has 0 fully saturated rings. The number of benzene rings is 2. The van der Waals surface area contributed by atoms with Crippen LogP contribution in [0.1, 0.15) is 34.8 Å². The van der Waals surface area contributed by atoms with Crippen LogP contribution in [0.2, 0.25) is 0 Å². The first-order valence-electron chi connectivity index (χ1n) is 8.37. The maximum absolute atomic E-state index is 12.6. The summed E-state index contributed by atoms with van der Waals surface area (Å²) in [6.07, 6.45) is 0.989. The molecule has 2 aromatic carbocycles. The number of aryl methyl sites for hydroxylation is 3. The Morgan fingerprint density at radius 2 is 1.92 bits per heavy atom. The largest absolute Gasteiger partial charge is 0.497 e. The first kappa shape index (κ1) is 17.4. The molecule has 0 aliphatic carbocycles. The number of ether oxygens (including phenoxy) is 1. The molecule has 130 valence electrons. The van der Waals surface area contributed by atoms with Gasteiger partial charge < -0.3 is 9.30 Å². The normalized spacial score (nSPS) is 11.9. The number of hydrogen-bond donors (Lipinski definition) is 0. The lowest BCUT2D eigenvalue weighted by atomic mass is 10.1. The third-order valence-electron chi connectivity index (χ3n) is 4.10. The minimum Gasteiger partial charge on any atom is -0.497 e. The number of rotatable bonds is 4. The van der Waals surface area contributed by atoms with Gasteiger partial charge in [-0.05, 0) is 61.7 Å². The van der Waals surface area contributed by atoms with E-state index in [4.69, 9.17) is 4.74 Å². The van der Waals surface area contributed by atoms with Crippen molar-refractivity contribution in [2.75, 3.05) is 7.11 Å². The summed E-state index contributed by atoms with van der Waals surface area (Å²) in [6, 6.07) is 11.4. The Kier molecular flexibility index (Phi) is 5.04. The van der Waals surface area contributed by atoms with Crippen LogP contribution < -0.4 is 9.54 Å². The summed E-state index contributed by atoms with van der Waals surface area (Å²) in [7, 11) is 1.61. The molecule has 0 radical (unpaired) electrons. The Hall–Kier alpha value is -2.40. The molecule has 1 amide bonds. The number of nitrogens with zero attached hydrogens (tertiary/aromatic N) is 2. The number of amides is 1. The molecule has 0 aliphatic heterocycles. The number of aromatic nitrogens is 1. The van der Waals surface area contributed by atoms with E-state index in [-0.39, 0.29) is 5.91 Å². The molecular weight excluding hydrogens is 332 g/mol. The van der Waals surface area contributed by atoms with E-state index in [1.165, 1.54) is 15.8 Å². The van der Waals surface area contributed by atoms with Crippen LogP contribution in [-0.4, -0.2) is 17.6 Å². The predicted molar refractivity (Wildman–Crippen MR) is 102 cm³/mol. The van der Waals surface area contributed by atoms with Crippen LogP contribution in [0.4, 0.5) is 0 Å². The van der Waals surface area contributed by atoms with Gasteiger partial charge >= 0.3 is 0 Å². The summed E-state index contributed by atoms with van der Waals surface area (Å²) in [5, 5.41) is 0. The van der Waals surface area contributed by atoms with Crippen molar-refractivity contribution < 1.29 is 9.53 Å². The van der Waals surface area contributed by atoms with Crippen LogP contribution >= 0.6 is 11.3 Å². The van der Waals surface area contributed by atoms with Crippen molar-refractivity contribution in [3.8, 4) is 5.75 Å². The maximum atomic E-state index is 12.6. The van der Waals surface area contributed by atoms with Crippen LogP contribution in [0.3, 0.4) is 0 Å². The fourth-order valence-electron chi connectivity index (χ4n) is 2.92. The van der Waals surface area contributed by atoms with E-state index >= 15 is 0 Å². The van der Waals surface area contributed by atoms with Crippen molar-refractivity contribution in [2.45, 2.75) is 33.7 Å². The number of hydrogen-bond acceptors (Lipinski definition) is 3. The Bertz CT molecular complexity index is 981. The maximum Gasteiger partial charge on any atom is 0.279 e. The highest BCUT2D eigenvalue weighted by Gasteiger charge is 2.11. The second-order valence-corrected chi connectivity index (χ2v) is 7.09. The lowest BCUT2D eigenvalue weighted by Crippen LogP contribution is -2.16. The van der Waals surface area contributed by atoms with Gasteiger partial charge in [-0.3, -0.25) is 4.79 Å². The number of carbonyl (C=O) groups excluding carboxylic acids is 1. The van der Waals surface area contributed by atoms with Gasteiger partial charge in [-0.15, -0.1) is 0 Å².